The first kappa shape index (κ1) is 20.7. The predicted octanol–water partition coefficient (Wildman–Crippen LogP) is 6.87. The minimum absolute atomic E-state index is 0.102. The Morgan fingerprint density at radius 1 is 1.07 bits per heavy atom. The Balaban J connectivity index is 1.31. The molecule has 0 fully saturated rings. The largest absolute Gasteiger partial charge is 0.461 e. The number of hydrogen-bond donors (Lipinski definition) is 1. The third kappa shape index (κ3) is 5.30. The number of hydrogen-bond acceptors (Lipinski definition) is 4. The molecule has 4 nitrogen and oxygen atoms in total. The zero-order valence-electron chi connectivity index (χ0n) is 15.9. The number of nitrogens with zero attached hydrogens (tertiary/aromatic N) is 1. The van der Waals surface area contributed by atoms with Crippen LogP contribution >= 0.6 is 34.5 Å². The monoisotopic (exact) mass is 456 g/mol. The van der Waals surface area contributed by atoms with Crippen LogP contribution in [0.3, 0.4) is 0 Å². The Kier molecular flexibility index (Phi) is 6.53. The van der Waals surface area contributed by atoms with Crippen LogP contribution in [0.4, 0.5) is 5.13 Å². The Hall–Kier alpha value is -2.60. The van der Waals surface area contributed by atoms with Gasteiger partial charge in [0.1, 0.15) is 11.5 Å². The number of carbonyl (C=O) groups is 1. The van der Waals surface area contributed by atoms with E-state index in [2.05, 4.69) is 10.3 Å². The molecule has 0 atom stereocenters. The molecular formula is C23H18Cl2N2O2S. The number of carbonyl (C=O) groups excluding carboxylic acids is 1. The van der Waals surface area contributed by atoms with Crippen molar-refractivity contribution in [3.8, 4) is 11.3 Å². The molecule has 0 saturated heterocycles. The zero-order chi connectivity index (χ0) is 20.9. The average molecular weight is 457 g/mol. The van der Waals surface area contributed by atoms with E-state index in [1.165, 1.54) is 11.3 Å². The number of nitrogens with one attached hydrogen (secondary N) is 1. The molecule has 1 N–H and O–H groups in total. The van der Waals surface area contributed by atoms with Crippen molar-refractivity contribution in [1.29, 1.82) is 0 Å². The number of aromatic nitrogens is 1. The van der Waals surface area contributed by atoms with Gasteiger partial charge in [-0.25, -0.2) is 4.98 Å². The van der Waals surface area contributed by atoms with Crippen molar-refractivity contribution in [1.82, 2.24) is 4.98 Å². The average Bonchev–Trinajstić information content (AvgIpc) is 3.39. The van der Waals surface area contributed by atoms with Gasteiger partial charge in [0.25, 0.3) is 0 Å². The summed E-state index contributed by atoms with van der Waals surface area (Å²) >= 11 is 13.7. The lowest BCUT2D eigenvalue weighted by atomic mass is 10.1. The fourth-order valence-electron chi connectivity index (χ4n) is 3.00. The smallest absolute Gasteiger partial charge is 0.226 e. The van der Waals surface area contributed by atoms with E-state index < -0.39 is 0 Å². The van der Waals surface area contributed by atoms with Gasteiger partial charge in [-0.05, 0) is 35.9 Å². The lowest BCUT2D eigenvalue weighted by molar-refractivity contribution is -0.116. The molecule has 30 heavy (non-hydrogen) atoms. The minimum Gasteiger partial charge on any atom is -0.461 e. The molecule has 7 heteroatoms. The Morgan fingerprint density at radius 3 is 2.73 bits per heavy atom. The van der Waals surface area contributed by atoms with Crippen LogP contribution in [0.15, 0.2) is 71.3 Å². The summed E-state index contributed by atoms with van der Waals surface area (Å²) in [5.41, 5.74) is 1.95. The van der Waals surface area contributed by atoms with Gasteiger partial charge in [-0.15, -0.1) is 11.3 Å². The first-order chi connectivity index (χ1) is 14.6. The topological polar surface area (TPSA) is 55.1 Å². The molecule has 0 aliphatic carbocycles. The van der Waals surface area contributed by atoms with E-state index in [0.29, 0.717) is 34.4 Å². The lowest BCUT2D eigenvalue weighted by Crippen LogP contribution is -2.11. The summed E-state index contributed by atoms with van der Waals surface area (Å²) in [4.78, 5) is 17.6. The molecule has 4 aromatic rings. The molecule has 0 unspecified atom stereocenters. The van der Waals surface area contributed by atoms with Gasteiger partial charge in [0, 0.05) is 45.9 Å². The van der Waals surface area contributed by atoms with Gasteiger partial charge in [0.2, 0.25) is 5.91 Å². The van der Waals surface area contributed by atoms with Crippen molar-refractivity contribution >= 4 is 45.6 Å². The van der Waals surface area contributed by atoms with Gasteiger partial charge >= 0.3 is 0 Å². The van der Waals surface area contributed by atoms with Crippen molar-refractivity contribution in [3.63, 3.8) is 0 Å². The van der Waals surface area contributed by atoms with Crippen LogP contribution in [0.25, 0.3) is 11.3 Å². The van der Waals surface area contributed by atoms with E-state index in [-0.39, 0.29) is 5.91 Å². The van der Waals surface area contributed by atoms with E-state index in [4.69, 9.17) is 27.6 Å². The van der Waals surface area contributed by atoms with Crippen LogP contribution in [0.5, 0.6) is 0 Å². The number of benzene rings is 2. The Bertz CT molecular complexity index is 1150. The van der Waals surface area contributed by atoms with Gasteiger partial charge in [-0.1, -0.05) is 53.5 Å². The molecule has 1 amide bonds. The fourth-order valence-corrected chi connectivity index (χ4v) is 4.23. The SMILES string of the molecule is O=C(CCc1ccc(-c2ccccc2)o1)Nc1ncc(Cc2cc(Cl)ccc2Cl)s1. The molecule has 0 spiro atoms. The van der Waals surface area contributed by atoms with Crippen molar-refractivity contribution in [3.05, 3.63) is 93.1 Å². The van der Waals surface area contributed by atoms with Gasteiger partial charge in [-0.3, -0.25) is 4.79 Å². The van der Waals surface area contributed by atoms with Crippen molar-refractivity contribution in [2.75, 3.05) is 5.32 Å². The molecular weight excluding hydrogens is 439 g/mol. The second-order valence-electron chi connectivity index (χ2n) is 6.72. The van der Waals surface area contributed by atoms with Gasteiger partial charge in [0.15, 0.2) is 5.13 Å². The first-order valence-electron chi connectivity index (χ1n) is 9.39. The maximum absolute atomic E-state index is 12.3. The van der Waals surface area contributed by atoms with E-state index >= 15 is 0 Å². The molecule has 0 saturated carbocycles. The van der Waals surface area contributed by atoms with E-state index in [1.807, 2.05) is 48.5 Å². The molecule has 2 heterocycles. The second kappa shape index (κ2) is 9.47. The summed E-state index contributed by atoms with van der Waals surface area (Å²) < 4.78 is 5.85. The summed E-state index contributed by atoms with van der Waals surface area (Å²) in [6.45, 7) is 0. The highest BCUT2D eigenvalue weighted by molar-refractivity contribution is 7.15. The standard InChI is InChI=1S/C23H18Cl2N2O2S/c24-17-6-9-20(25)16(12-17)13-19-14-26-23(30-19)27-22(28)11-8-18-7-10-21(29-18)15-4-2-1-3-5-15/h1-7,9-10,12,14H,8,11,13H2,(H,26,27,28). The lowest BCUT2D eigenvalue weighted by Gasteiger charge is -2.03. The van der Waals surface area contributed by atoms with Crippen LogP contribution in [-0.2, 0) is 17.6 Å². The van der Waals surface area contributed by atoms with Crippen LogP contribution in [0.1, 0.15) is 22.6 Å². The normalized spacial score (nSPS) is 10.9. The van der Waals surface area contributed by atoms with Gasteiger partial charge < -0.3 is 9.73 Å². The number of amides is 1. The molecule has 0 radical (unpaired) electrons. The molecule has 0 aliphatic heterocycles. The maximum atomic E-state index is 12.3. The molecule has 152 valence electrons. The Morgan fingerprint density at radius 2 is 1.90 bits per heavy atom. The molecule has 0 aliphatic rings. The molecule has 2 aromatic carbocycles. The zero-order valence-corrected chi connectivity index (χ0v) is 18.2. The third-order valence-electron chi connectivity index (χ3n) is 4.49. The predicted molar refractivity (Wildman–Crippen MR) is 122 cm³/mol. The molecule has 4 rings (SSSR count). The summed E-state index contributed by atoms with van der Waals surface area (Å²) in [6, 6.07) is 19.1. The van der Waals surface area contributed by atoms with Crippen LogP contribution in [0.2, 0.25) is 10.0 Å². The highest BCUT2D eigenvalue weighted by Gasteiger charge is 2.11. The van der Waals surface area contributed by atoms with Crippen molar-refractivity contribution in [2.24, 2.45) is 0 Å². The maximum Gasteiger partial charge on any atom is 0.226 e. The van der Waals surface area contributed by atoms with Gasteiger partial charge in [-0.2, -0.15) is 0 Å². The highest BCUT2D eigenvalue weighted by Crippen LogP contribution is 2.27. The summed E-state index contributed by atoms with van der Waals surface area (Å²) in [5, 5.41) is 4.72. The summed E-state index contributed by atoms with van der Waals surface area (Å²) in [6.07, 6.45) is 3.20. The van der Waals surface area contributed by atoms with E-state index in [1.54, 1.807) is 18.3 Å². The van der Waals surface area contributed by atoms with Crippen molar-refractivity contribution in [2.45, 2.75) is 19.3 Å². The number of halogens is 2. The van der Waals surface area contributed by atoms with Crippen LogP contribution in [0, 0.1) is 0 Å². The molecule has 2 aromatic heterocycles. The third-order valence-corrected chi connectivity index (χ3v) is 6.01. The number of aryl methyl sites for hydroxylation is 1. The Labute approximate surface area is 188 Å². The van der Waals surface area contributed by atoms with Crippen LogP contribution in [-0.4, -0.2) is 10.9 Å². The molecule has 0 bridgehead atoms. The van der Waals surface area contributed by atoms with E-state index in [0.717, 1.165) is 27.5 Å². The number of anilines is 1. The quantitative estimate of drug-likeness (QED) is 0.329. The summed E-state index contributed by atoms with van der Waals surface area (Å²) in [5.74, 6) is 1.48. The number of thiazole rings is 1. The number of furan rings is 1. The minimum atomic E-state index is -0.102. The highest BCUT2D eigenvalue weighted by atomic mass is 35.5. The first-order valence-corrected chi connectivity index (χ1v) is 11.0. The summed E-state index contributed by atoms with van der Waals surface area (Å²) in [7, 11) is 0. The second-order valence-corrected chi connectivity index (χ2v) is 8.68. The van der Waals surface area contributed by atoms with E-state index in [9.17, 15) is 4.79 Å². The van der Waals surface area contributed by atoms with Crippen molar-refractivity contribution < 1.29 is 9.21 Å². The number of rotatable bonds is 7. The fraction of sp³-hybridized carbons (Fsp3) is 0.130. The van der Waals surface area contributed by atoms with Gasteiger partial charge in [0.05, 0.1) is 0 Å². The van der Waals surface area contributed by atoms with Crippen LogP contribution < -0.4 is 5.32 Å².